The van der Waals surface area contributed by atoms with Gasteiger partial charge < -0.3 is 20.1 Å². The Morgan fingerprint density at radius 3 is 2.17 bits per heavy atom. The summed E-state index contributed by atoms with van der Waals surface area (Å²) in [5.74, 6) is 2.57. The van der Waals surface area contributed by atoms with Gasteiger partial charge in [0, 0.05) is 44.3 Å². The Morgan fingerprint density at radius 1 is 0.800 bits per heavy atom. The number of anilines is 1. The molecule has 1 fully saturated rings. The monoisotopic (exact) mass is 403 g/mol. The van der Waals surface area contributed by atoms with Crippen LogP contribution < -0.4 is 20.1 Å². The summed E-state index contributed by atoms with van der Waals surface area (Å²) in [6.07, 6.45) is 0. The molecule has 1 aliphatic rings. The normalized spacial score (nSPS) is 15.6. The highest BCUT2D eigenvalue weighted by Gasteiger charge is 2.22. The minimum Gasteiger partial charge on any atom is -0.495 e. The molecule has 4 rings (SSSR count). The Bertz CT molecular complexity index is 940. The van der Waals surface area contributed by atoms with Gasteiger partial charge in [0.05, 0.1) is 12.8 Å². The van der Waals surface area contributed by atoms with Crippen molar-refractivity contribution in [2.45, 2.75) is 6.04 Å². The van der Waals surface area contributed by atoms with E-state index < -0.39 is 0 Å². The highest BCUT2D eigenvalue weighted by Crippen LogP contribution is 2.31. The van der Waals surface area contributed by atoms with Crippen LogP contribution in [-0.2, 0) is 0 Å². The smallest absolute Gasteiger partial charge is 0.142 e. The van der Waals surface area contributed by atoms with Gasteiger partial charge in [0.2, 0.25) is 0 Å². The Morgan fingerprint density at radius 2 is 1.43 bits per heavy atom. The van der Waals surface area contributed by atoms with Crippen molar-refractivity contribution in [1.82, 2.24) is 4.90 Å². The Kier molecular flexibility index (Phi) is 6.52. The Labute approximate surface area is 178 Å². The SMILES string of the molecule is COc1ccccc1N1CCN(CC(N)c2ccccc2Oc2ccccc2)CC1. The molecule has 156 valence electrons. The number of nitrogens with two attached hydrogens (primary N) is 1. The van der Waals surface area contributed by atoms with Gasteiger partial charge in [0.15, 0.2) is 0 Å². The van der Waals surface area contributed by atoms with E-state index in [0.717, 1.165) is 61.2 Å². The van der Waals surface area contributed by atoms with Gasteiger partial charge in [0.1, 0.15) is 17.2 Å². The summed E-state index contributed by atoms with van der Waals surface area (Å²) in [4.78, 5) is 4.81. The van der Waals surface area contributed by atoms with Crippen LogP contribution in [0.4, 0.5) is 5.69 Å². The van der Waals surface area contributed by atoms with E-state index in [4.69, 9.17) is 15.2 Å². The largest absolute Gasteiger partial charge is 0.495 e. The molecule has 5 heteroatoms. The predicted octanol–water partition coefficient (Wildman–Crippen LogP) is 4.31. The number of piperazine rings is 1. The van der Waals surface area contributed by atoms with Crippen molar-refractivity contribution in [3.05, 3.63) is 84.4 Å². The van der Waals surface area contributed by atoms with E-state index in [1.807, 2.05) is 60.7 Å². The lowest BCUT2D eigenvalue weighted by Gasteiger charge is -2.37. The Hall–Kier alpha value is -3.02. The summed E-state index contributed by atoms with van der Waals surface area (Å²) in [6, 6.07) is 26.0. The second-order valence-corrected chi connectivity index (χ2v) is 7.52. The molecular formula is C25H29N3O2. The zero-order chi connectivity index (χ0) is 20.8. The maximum Gasteiger partial charge on any atom is 0.142 e. The lowest BCUT2D eigenvalue weighted by Crippen LogP contribution is -2.48. The number of methoxy groups -OCH3 is 1. The molecule has 1 atom stereocenters. The van der Waals surface area contributed by atoms with E-state index >= 15 is 0 Å². The number of nitrogens with zero attached hydrogens (tertiary/aromatic N) is 2. The summed E-state index contributed by atoms with van der Waals surface area (Å²) in [6.45, 7) is 4.64. The van der Waals surface area contributed by atoms with Crippen LogP contribution in [0, 0.1) is 0 Å². The first kappa shape index (κ1) is 20.3. The molecule has 0 aromatic heterocycles. The minimum absolute atomic E-state index is 0.109. The molecule has 1 heterocycles. The van der Waals surface area contributed by atoms with Gasteiger partial charge in [-0.3, -0.25) is 4.90 Å². The summed E-state index contributed by atoms with van der Waals surface area (Å²) >= 11 is 0. The number of hydrogen-bond donors (Lipinski definition) is 1. The van der Waals surface area contributed by atoms with Crippen molar-refractivity contribution in [3.8, 4) is 17.2 Å². The first-order valence-corrected chi connectivity index (χ1v) is 10.4. The first-order valence-electron chi connectivity index (χ1n) is 10.4. The molecule has 0 bridgehead atoms. The minimum atomic E-state index is -0.109. The average Bonchev–Trinajstić information content (AvgIpc) is 2.80. The van der Waals surface area contributed by atoms with Crippen LogP contribution >= 0.6 is 0 Å². The molecule has 5 nitrogen and oxygen atoms in total. The van der Waals surface area contributed by atoms with Crippen molar-refractivity contribution in [3.63, 3.8) is 0 Å². The van der Waals surface area contributed by atoms with Crippen molar-refractivity contribution >= 4 is 5.69 Å². The first-order chi connectivity index (χ1) is 14.7. The van der Waals surface area contributed by atoms with Crippen molar-refractivity contribution in [1.29, 1.82) is 0 Å². The fourth-order valence-electron chi connectivity index (χ4n) is 3.93. The molecule has 30 heavy (non-hydrogen) atoms. The molecule has 0 saturated carbocycles. The molecular weight excluding hydrogens is 374 g/mol. The molecule has 3 aromatic carbocycles. The summed E-state index contributed by atoms with van der Waals surface area (Å²) in [5.41, 5.74) is 8.81. The molecule has 0 aliphatic carbocycles. The quantitative estimate of drug-likeness (QED) is 0.637. The van der Waals surface area contributed by atoms with Crippen LogP contribution in [0.1, 0.15) is 11.6 Å². The summed E-state index contributed by atoms with van der Waals surface area (Å²) < 4.78 is 11.6. The third-order valence-electron chi connectivity index (χ3n) is 5.54. The van der Waals surface area contributed by atoms with Crippen LogP contribution in [0.2, 0.25) is 0 Å². The summed E-state index contributed by atoms with van der Waals surface area (Å²) in [5, 5.41) is 0. The third-order valence-corrected chi connectivity index (χ3v) is 5.54. The molecule has 0 radical (unpaired) electrons. The number of benzene rings is 3. The van der Waals surface area contributed by atoms with Crippen molar-refractivity contribution in [2.75, 3.05) is 44.7 Å². The van der Waals surface area contributed by atoms with Crippen LogP contribution in [0.25, 0.3) is 0 Å². The average molecular weight is 404 g/mol. The van der Waals surface area contributed by atoms with E-state index in [1.165, 1.54) is 0 Å². The zero-order valence-corrected chi connectivity index (χ0v) is 17.4. The van der Waals surface area contributed by atoms with Crippen molar-refractivity contribution in [2.24, 2.45) is 5.73 Å². The fraction of sp³-hybridized carbons (Fsp3) is 0.280. The second-order valence-electron chi connectivity index (χ2n) is 7.52. The van der Waals surface area contributed by atoms with Gasteiger partial charge in [-0.05, 0) is 30.3 Å². The lowest BCUT2D eigenvalue weighted by molar-refractivity contribution is 0.241. The lowest BCUT2D eigenvalue weighted by atomic mass is 10.1. The highest BCUT2D eigenvalue weighted by atomic mass is 16.5. The molecule has 0 spiro atoms. The van der Waals surface area contributed by atoms with Gasteiger partial charge in [-0.1, -0.05) is 48.5 Å². The molecule has 1 saturated heterocycles. The van der Waals surface area contributed by atoms with Crippen LogP contribution in [-0.4, -0.2) is 44.7 Å². The third kappa shape index (κ3) is 4.75. The van der Waals surface area contributed by atoms with Gasteiger partial charge in [-0.2, -0.15) is 0 Å². The van der Waals surface area contributed by atoms with E-state index in [0.29, 0.717) is 0 Å². The van der Waals surface area contributed by atoms with E-state index in [-0.39, 0.29) is 6.04 Å². The maximum absolute atomic E-state index is 6.62. The second kappa shape index (κ2) is 9.65. The molecule has 3 aromatic rings. The van der Waals surface area contributed by atoms with E-state index in [9.17, 15) is 0 Å². The number of para-hydroxylation sites is 4. The van der Waals surface area contributed by atoms with Crippen LogP contribution in [0.5, 0.6) is 17.2 Å². The van der Waals surface area contributed by atoms with Gasteiger partial charge in [0.25, 0.3) is 0 Å². The van der Waals surface area contributed by atoms with Gasteiger partial charge >= 0.3 is 0 Å². The molecule has 1 aliphatic heterocycles. The van der Waals surface area contributed by atoms with E-state index in [2.05, 4.69) is 28.0 Å². The predicted molar refractivity (Wildman–Crippen MR) is 122 cm³/mol. The molecule has 1 unspecified atom stereocenters. The number of rotatable bonds is 7. The van der Waals surface area contributed by atoms with Crippen LogP contribution in [0.15, 0.2) is 78.9 Å². The highest BCUT2D eigenvalue weighted by molar-refractivity contribution is 5.58. The van der Waals surface area contributed by atoms with Gasteiger partial charge in [-0.25, -0.2) is 0 Å². The molecule has 2 N–H and O–H groups in total. The summed E-state index contributed by atoms with van der Waals surface area (Å²) in [7, 11) is 1.73. The fourth-order valence-corrected chi connectivity index (χ4v) is 3.93. The molecule has 0 amide bonds. The standard InChI is InChI=1S/C25H29N3O2/c1-29-25-14-8-6-12-23(25)28-17-15-27(16-18-28)19-22(26)21-11-5-7-13-24(21)30-20-9-3-2-4-10-20/h2-14,22H,15-19,26H2,1H3. The number of hydrogen-bond acceptors (Lipinski definition) is 5. The van der Waals surface area contributed by atoms with Crippen molar-refractivity contribution < 1.29 is 9.47 Å². The number of ether oxygens (including phenoxy) is 2. The topological polar surface area (TPSA) is 51.0 Å². The zero-order valence-electron chi connectivity index (χ0n) is 17.4. The Balaban J connectivity index is 1.38. The van der Waals surface area contributed by atoms with Crippen LogP contribution in [0.3, 0.4) is 0 Å². The van der Waals surface area contributed by atoms with Gasteiger partial charge in [-0.15, -0.1) is 0 Å². The van der Waals surface area contributed by atoms with E-state index in [1.54, 1.807) is 7.11 Å². The maximum atomic E-state index is 6.62.